The number of hydrogen-bond acceptors (Lipinski definition) is 4. The standard InChI is InChI=1S/C8H15N3S/c1-5(4-9)6(2)8-10-7(3)11-12-8/h5-6H,4,9H2,1-3H3. The van der Waals surface area contributed by atoms with Crippen molar-refractivity contribution in [2.24, 2.45) is 11.7 Å². The van der Waals surface area contributed by atoms with Crippen LogP contribution in [0.25, 0.3) is 0 Å². The van der Waals surface area contributed by atoms with E-state index in [4.69, 9.17) is 5.73 Å². The molecule has 4 heteroatoms. The summed E-state index contributed by atoms with van der Waals surface area (Å²) >= 11 is 1.48. The zero-order valence-corrected chi connectivity index (χ0v) is 8.56. The van der Waals surface area contributed by atoms with E-state index in [0.29, 0.717) is 18.4 Å². The lowest BCUT2D eigenvalue weighted by atomic mass is 9.97. The number of nitrogens with two attached hydrogens (primary N) is 1. The average Bonchev–Trinajstić information content (AvgIpc) is 2.49. The van der Waals surface area contributed by atoms with Gasteiger partial charge < -0.3 is 5.73 Å². The summed E-state index contributed by atoms with van der Waals surface area (Å²) in [5.41, 5.74) is 5.57. The summed E-state index contributed by atoms with van der Waals surface area (Å²) < 4.78 is 4.14. The van der Waals surface area contributed by atoms with Crippen LogP contribution in [-0.2, 0) is 0 Å². The van der Waals surface area contributed by atoms with Crippen LogP contribution in [0.2, 0.25) is 0 Å². The van der Waals surface area contributed by atoms with Crippen LogP contribution in [0.15, 0.2) is 0 Å². The van der Waals surface area contributed by atoms with E-state index in [9.17, 15) is 0 Å². The molecule has 1 aromatic heterocycles. The Morgan fingerprint density at radius 1 is 1.50 bits per heavy atom. The van der Waals surface area contributed by atoms with Gasteiger partial charge in [0.2, 0.25) is 0 Å². The quantitative estimate of drug-likeness (QED) is 0.777. The van der Waals surface area contributed by atoms with Gasteiger partial charge in [0.1, 0.15) is 10.8 Å². The molecule has 2 N–H and O–H groups in total. The third kappa shape index (κ3) is 2.01. The largest absolute Gasteiger partial charge is 0.330 e. The van der Waals surface area contributed by atoms with Crippen molar-refractivity contribution in [2.45, 2.75) is 26.7 Å². The topological polar surface area (TPSA) is 51.8 Å². The zero-order chi connectivity index (χ0) is 9.14. The molecule has 0 saturated carbocycles. The molecule has 0 aliphatic rings. The summed E-state index contributed by atoms with van der Waals surface area (Å²) in [5, 5.41) is 1.10. The van der Waals surface area contributed by atoms with Gasteiger partial charge in [-0.05, 0) is 30.9 Å². The van der Waals surface area contributed by atoms with Crippen LogP contribution >= 0.6 is 11.5 Å². The highest BCUT2D eigenvalue weighted by Gasteiger charge is 2.16. The molecule has 0 aliphatic carbocycles. The highest BCUT2D eigenvalue weighted by atomic mass is 32.1. The lowest BCUT2D eigenvalue weighted by molar-refractivity contribution is 0.497. The van der Waals surface area contributed by atoms with Crippen molar-refractivity contribution < 1.29 is 0 Å². The monoisotopic (exact) mass is 185 g/mol. The molecule has 1 rings (SSSR count). The molecule has 3 nitrogen and oxygen atoms in total. The zero-order valence-electron chi connectivity index (χ0n) is 7.74. The van der Waals surface area contributed by atoms with Gasteiger partial charge in [0.05, 0.1) is 0 Å². The highest BCUT2D eigenvalue weighted by molar-refractivity contribution is 7.05. The molecule has 12 heavy (non-hydrogen) atoms. The molecule has 0 aromatic carbocycles. The number of aromatic nitrogens is 2. The van der Waals surface area contributed by atoms with E-state index < -0.39 is 0 Å². The third-order valence-corrected chi connectivity index (χ3v) is 3.16. The Morgan fingerprint density at radius 2 is 2.17 bits per heavy atom. The maximum atomic E-state index is 5.57. The van der Waals surface area contributed by atoms with E-state index in [1.807, 2.05) is 6.92 Å². The number of nitrogens with zero attached hydrogens (tertiary/aromatic N) is 2. The SMILES string of the molecule is Cc1nsc(C(C)C(C)CN)n1. The molecule has 0 saturated heterocycles. The van der Waals surface area contributed by atoms with Gasteiger partial charge in [0.25, 0.3) is 0 Å². The van der Waals surface area contributed by atoms with E-state index in [0.717, 1.165) is 10.8 Å². The summed E-state index contributed by atoms with van der Waals surface area (Å²) in [5.74, 6) is 1.78. The number of rotatable bonds is 3. The van der Waals surface area contributed by atoms with Gasteiger partial charge in [0, 0.05) is 5.92 Å². The van der Waals surface area contributed by atoms with Crippen LogP contribution in [0.4, 0.5) is 0 Å². The molecule has 0 spiro atoms. The van der Waals surface area contributed by atoms with E-state index >= 15 is 0 Å². The van der Waals surface area contributed by atoms with Gasteiger partial charge >= 0.3 is 0 Å². The Hall–Kier alpha value is -0.480. The molecular weight excluding hydrogens is 170 g/mol. The Bertz CT molecular complexity index is 246. The molecule has 2 atom stereocenters. The van der Waals surface area contributed by atoms with E-state index in [1.54, 1.807) is 0 Å². The van der Waals surface area contributed by atoms with Gasteiger partial charge in [-0.3, -0.25) is 0 Å². The second-order valence-electron chi connectivity index (χ2n) is 3.18. The maximum Gasteiger partial charge on any atom is 0.139 e. The predicted octanol–water partition coefficient (Wildman–Crippen LogP) is 1.54. The molecule has 1 heterocycles. The molecule has 68 valence electrons. The van der Waals surface area contributed by atoms with Crippen LogP contribution in [-0.4, -0.2) is 15.9 Å². The Kier molecular flexibility index (Phi) is 3.17. The van der Waals surface area contributed by atoms with Crippen molar-refractivity contribution in [1.29, 1.82) is 0 Å². The maximum absolute atomic E-state index is 5.57. The number of aryl methyl sites for hydroxylation is 1. The first-order chi connectivity index (χ1) is 5.65. The second-order valence-corrected chi connectivity index (χ2v) is 3.96. The van der Waals surface area contributed by atoms with Crippen LogP contribution < -0.4 is 5.73 Å². The summed E-state index contributed by atoms with van der Waals surface area (Å²) in [6.45, 7) is 6.92. The van der Waals surface area contributed by atoms with Crippen molar-refractivity contribution in [2.75, 3.05) is 6.54 Å². The minimum Gasteiger partial charge on any atom is -0.330 e. The fourth-order valence-corrected chi connectivity index (χ4v) is 1.78. The van der Waals surface area contributed by atoms with E-state index in [1.165, 1.54) is 11.5 Å². The van der Waals surface area contributed by atoms with Crippen LogP contribution in [0.3, 0.4) is 0 Å². The Balaban J connectivity index is 2.70. The lowest BCUT2D eigenvalue weighted by Gasteiger charge is -2.14. The minimum absolute atomic E-state index is 0.432. The van der Waals surface area contributed by atoms with Gasteiger partial charge in [-0.15, -0.1) is 0 Å². The predicted molar refractivity (Wildman–Crippen MR) is 51.3 cm³/mol. The molecule has 0 bridgehead atoms. The molecule has 0 fully saturated rings. The summed E-state index contributed by atoms with van der Waals surface area (Å²) in [7, 11) is 0. The van der Waals surface area contributed by atoms with Crippen molar-refractivity contribution in [3.63, 3.8) is 0 Å². The molecular formula is C8H15N3S. The lowest BCUT2D eigenvalue weighted by Crippen LogP contribution is -2.16. The van der Waals surface area contributed by atoms with E-state index in [2.05, 4.69) is 23.2 Å². The minimum atomic E-state index is 0.432. The first-order valence-electron chi connectivity index (χ1n) is 4.15. The van der Waals surface area contributed by atoms with E-state index in [-0.39, 0.29) is 0 Å². The van der Waals surface area contributed by atoms with Gasteiger partial charge in [-0.2, -0.15) is 4.37 Å². The third-order valence-electron chi connectivity index (χ3n) is 2.16. The number of hydrogen-bond donors (Lipinski definition) is 1. The normalized spacial score (nSPS) is 16.0. The fourth-order valence-electron chi connectivity index (χ4n) is 0.946. The molecule has 2 unspecified atom stereocenters. The first kappa shape index (κ1) is 9.61. The molecule has 1 aromatic rings. The Labute approximate surface area is 77.2 Å². The van der Waals surface area contributed by atoms with Crippen molar-refractivity contribution >= 4 is 11.5 Å². The van der Waals surface area contributed by atoms with Crippen molar-refractivity contribution in [1.82, 2.24) is 9.36 Å². The van der Waals surface area contributed by atoms with Crippen molar-refractivity contribution in [3.8, 4) is 0 Å². The van der Waals surface area contributed by atoms with Gasteiger partial charge in [0.15, 0.2) is 0 Å². The fraction of sp³-hybridized carbons (Fsp3) is 0.750. The Morgan fingerprint density at radius 3 is 2.58 bits per heavy atom. The molecule has 0 aliphatic heterocycles. The van der Waals surface area contributed by atoms with Gasteiger partial charge in [-0.25, -0.2) is 4.98 Å². The highest BCUT2D eigenvalue weighted by Crippen LogP contribution is 2.24. The summed E-state index contributed by atoms with van der Waals surface area (Å²) in [6.07, 6.45) is 0. The summed E-state index contributed by atoms with van der Waals surface area (Å²) in [4.78, 5) is 4.33. The second kappa shape index (κ2) is 3.96. The molecule has 0 radical (unpaired) electrons. The van der Waals surface area contributed by atoms with Crippen LogP contribution in [0.1, 0.15) is 30.6 Å². The molecule has 0 amide bonds. The summed E-state index contributed by atoms with van der Waals surface area (Å²) in [6, 6.07) is 0. The average molecular weight is 185 g/mol. The first-order valence-corrected chi connectivity index (χ1v) is 4.92. The van der Waals surface area contributed by atoms with Crippen molar-refractivity contribution in [3.05, 3.63) is 10.8 Å². The van der Waals surface area contributed by atoms with Crippen LogP contribution in [0, 0.1) is 12.8 Å². The van der Waals surface area contributed by atoms with Gasteiger partial charge in [-0.1, -0.05) is 13.8 Å². The smallest absolute Gasteiger partial charge is 0.139 e. The van der Waals surface area contributed by atoms with Crippen LogP contribution in [0.5, 0.6) is 0 Å².